The standard InChI is InChI=1S/C45H53ClN4O5/c1-29(27-53-39-13-19-48-38-12-6-8-30(2)42(38)39)20-32-21-31-22-40-41(55-36(28-54-40)26-50(3)25-35-10-4-5-18-47-35)24-37(31)44(32)14-16-45(17-15-44,43(51)52)49-34-11-7-9-33(46)23-34/h4-5,7,9-11,13,18-19,22-24,29-30,32,36,49H,6,8,12,14-17,20-21,25-28H2,1-3H3,(H,51,52)/t29-,30-,32+,36+,44?,45?/m1/s1. The Hall–Kier alpha value is -4.34. The van der Waals surface area contributed by atoms with Crippen LogP contribution in [0.5, 0.6) is 17.2 Å². The number of likely N-dealkylation sites (N-methyl/N-ethyl adjacent to an activating group) is 1. The predicted octanol–water partition coefficient (Wildman–Crippen LogP) is 8.87. The summed E-state index contributed by atoms with van der Waals surface area (Å²) in [5.74, 6) is 2.78. The topological polar surface area (TPSA) is 106 Å². The van der Waals surface area contributed by atoms with Gasteiger partial charge in [0.1, 0.15) is 24.0 Å². The molecule has 55 heavy (non-hydrogen) atoms. The molecule has 1 aliphatic heterocycles. The minimum absolute atomic E-state index is 0.126. The van der Waals surface area contributed by atoms with E-state index in [9.17, 15) is 9.90 Å². The monoisotopic (exact) mass is 764 g/mol. The average molecular weight is 765 g/mol. The SMILES string of the molecule is C[C@@H](COc1ccnc2c1[C@H](C)CCC2)C[C@H]1Cc2cc3c(cc2C12CCC(Nc1cccc(Cl)c1)(C(=O)O)CC2)O[C@@H](CN(C)Cc1ccccn1)CO3. The quantitative estimate of drug-likeness (QED) is 0.146. The molecule has 0 unspecified atom stereocenters. The second kappa shape index (κ2) is 15.7. The Kier molecular flexibility index (Phi) is 10.7. The Labute approximate surface area is 329 Å². The van der Waals surface area contributed by atoms with E-state index in [2.05, 4.69) is 53.2 Å². The minimum Gasteiger partial charge on any atom is -0.493 e. The number of benzene rings is 2. The maximum Gasteiger partial charge on any atom is 0.329 e. The summed E-state index contributed by atoms with van der Waals surface area (Å²) in [5, 5.41) is 14.7. The molecule has 2 N–H and O–H groups in total. The fourth-order valence-corrected chi connectivity index (χ4v) is 10.2. The first-order chi connectivity index (χ1) is 26.6. The lowest BCUT2D eigenvalue weighted by atomic mass is 9.59. The van der Waals surface area contributed by atoms with Crippen molar-refractivity contribution in [3.05, 3.63) is 106 Å². The van der Waals surface area contributed by atoms with Gasteiger partial charge in [-0.25, -0.2) is 4.79 Å². The summed E-state index contributed by atoms with van der Waals surface area (Å²) in [6, 6.07) is 19.8. The molecular weight excluding hydrogens is 712 g/mol. The van der Waals surface area contributed by atoms with E-state index in [1.54, 1.807) is 12.1 Å². The van der Waals surface area contributed by atoms with Gasteiger partial charge in [-0.05, 0) is 148 Å². The number of anilines is 1. The number of nitrogens with one attached hydrogen (secondary N) is 1. The number of hydrogen-bond donors (Lipinski definition) is 2. The van der Waals surface area contributed by atoms with Gasteiger partial charge in [0.15, 0.2) is 11.5 Å². The number of halogens is 1. The lowest BCUT2D eigenvalue weighted by Gasteiger charge is -2.47. The van der Waals surface area contributed by atoms with Gasteiger partial charge in [-0.2, -0.15) is 0 Å². The van der Waals surface area contributed by atoms with Crippen molar-refractivity contribution < 1.29 is 24.1 Å². The van der Waals surface area contributed by atoms with Gasteiger partial charge >= 0.3 is 5.97 Å². The molecular formula is C45H53ClN4O5. The van der Waals surface area contributed by atoms with Crippen LogP contribution in [0.15, 0.2) is 73.1 Å². The number of pyridine rings is 2. The largest absolute Gasteiger partial charge is 0.493 e. The zero-order valence-electron chi connectivity index (χ0n) is 32.2. The van der Waals surface area contributed by atoms with Crippen molar-refractivity contribution in [2.75, 3.05) is 32.1 Å². The third-order valence-corrected chi connectivity index (χ3v) is 13.0. The highest BCUT2D eigenvalue weighted by molar-refractivity contribution is 6.30. The van der Waals surface area contributed by atoms with E-state index in [4.69, 9.17) is 25.8 Å². The summed E-state index contributed by atoms with van der Waals surface area (Å²) in [6.07, 6.45) is 11.3. The number of hydrogen-bond acceptors (Lipinski definition) is 8. The van der Waals surface area contributed by atoms with Crippen LogP contribution in [-0.4, -0.2) is 64.4 Å². The van der Waals surface area contributed by atoms with E-state index < -0.39 is 11.5 Å². The second-order valence-electron chi connectivity index (χ2n) is 16.7. The number of ether oxygens (including phenoxy) is 3. The van der Waals surface area contributed by atoms with Crippen LogP contribution in [0.2, 0.25) is 5.02 Å². The Morgan fingerprint density at radius 1 is 1.07 bits per heavy atom. The second-order valence-corrected chi connectivity index (χ2v) is 17.2. The van der Waals surface area contributed by atoms with Crippen LogP contribution in [-0.2, 0) is 29.6 Å². The number of rotatable bonds is 12. The predicted molar refractivity (Wildman–Crippen MR) is 215 cm³/mol. The van der Waals surface area contributed by atoms with Gasteiger partial charge in [0.2, 0.25) is 0 Å². The summed E-state index contributed by atoms with van der Waals surface area (Å²) < 4.78 is 19.7. The maximum absolute atomic E-state index is 13.1. The van der Waals surface area contributed by atoms with Crippen LogP contribution in [0.4, 0.5) is 5.69 Å². The van der Waals surface area contributed by atoms with Gasteiger partial charge in [-0.3, -0.25) is 14.9 Å². The molecule has 1 spiro atoms. The lowest BCUT2D eigenvalue weighted by Crippen LogP contribution is -2.53. The zero-order valence-corrected chi connectivity index (χ0v) is 33.0. The lowest BCUT2D eigenvalue weighted by molar-refractivity contribution is -0.144. The zero-order chi connectivity index (χ0) is 38.2. The van der Waals surface area contributed by atoms with E-state index in [1.165, 1.54) is 28.8 Å². The van der Waals surface area contributed by atoms with Crippen molar-refractivity contribution in [1.29, 1.82) is 0 Å². The molecule has 290 valence electrons. The Morgan fingerprint density at radius 3 is 2.71 bits per heavy atom. The molecule has 3 heterocycles. The fraction of sp³-hybridized carbons (Fsp3) is 0.489. The summed E-state index contributed by atoms with van der Waals surface area (Å²) in [6.45, 7) is 7.11. The highest BCUT2D eigenvalue weighted by Crippen LogP contribution is 2.58. The minimum atomic E-state index is -1.09. The molecule has 2 aromatic carbocycles. The Balaban J connectivity index is 1.04. The molecule has 10 heteroatoms. The van der Waals surface area contributed by atoms with E-state index in [-0.39, 0.29) is 17.4 Å². The molecule has 0 bridgehead atoms. The number of aryl methyl sites for hydroxylation is 1. The number of fused-ring (bicyclic) bond motifs is 4. The summed E-state index contributed by atoms with van der Waals surface area (Å²) in [5.41, 5.74) is 5.48. The third kappa shape index (κ3) is 7.75. The number of nitrogens with zero attached hydrogens (tertiary/aromatic N) is 3. The van der Waals surface area contributed by atoms with Gasteiger partial charge < -0.3 is 24.6 Å². The normalized spacial score (nSPS) is 25.9. The van der Waals surface area contributed by atoms with E-state index in [1.807, 2.05) is 48.8 Å². The average Bonchev–Trinajstić information content (AvgIpc) is 3.44. The summed E-state index contributed by atoms with van der Waals surface area (Å²) in [7, 11) is 2.08. The summed E-state index contributed by atoms with van der Waals surface area (Å²) in [4.78, 5) is 24.5. The van der Waals surface area contributed by atoms with Crippen molar-refractivity contribution in [3.63, 3.8) is 0 Å². The number of aliphatic carboxylic acids is 1. The molecule has 1 fully saturated rings. The molecule has 8 rings (SSSR count). The Bertz CT molecular complexity index is 2000. The molecule has 3 aliphatic carbocycles. The van der Waals surface area contributed by atoms with Crippen LogP contribution in [0.1, 0.15) is 92.8 Å². The van der Waals surface area contributed by atoms with Crippen LogP contribution in [0, 0.1) is 11.8 Å². The van der Waals surface area contributed by atoms with Gasteiger partial charge in [0.25, 0.3) is 0 Å². The smallest absolute Gasteiger partial charge is 0.329 e. The molecule has 0 radical (unpaired) electrons. The molecule has 0 amide bonds. The molecule has 0 saturated heterocycles. The third-order valence-electron chi connectivity index (χ3n) is 12.7. The molecule has 4 aromatic rings. The van der Waals surface area contributed by atoms with Gasteiger partial charge in [0, 0.05) is 47.5 Å². The van der Waals surface area contributed by atoms with Crippen LogP contribution >= 0.6 is 11.6 Å². The highest BCUT2D eigenvalue weighted by Gasteiger charge is 2.54. The van der Waals surface area contributed by atoms with Crippen molar-refractivity contribution in [1.82, 2.24) is 14.9 Å². The fourth-order valence-electron chi connectivity index (χ4n) is 9.99. The number of carbonyl (C=O) groups is 1. The first-order valence-electron chi connectivity index (χ1n) is 20.0. The Morgan fingerprint density at radius 2 is 1.93 bits per heavy atom. The van der Waals surface area contributed by atoms with Crippen molar-refractivity contribution >= 4 is 23.3 Å². The molecule has 4 atom stereocenters. The van der Waals surface area contributed by atoms with E-state index >= 15 is 0 Å². The highest BCUT2D eigenvalue weighted by atomic mass is 35.5. The van der Waals surface area contributed by atoms with Crippen molar-refractivity contribution in [2.24, 2.45) is 11.8 Å². The molecule has 1 saturated carbocycles. The van der Waals surface area contributed by atoms with Gasteiger partial charge in [-0.1, -0.05) is 37.6 Å². The van der Waals surface area contributed by atoms with Crippen LogP contribution < -0.4 is 19.5 Å². The number of carboxylic acids is 1. The van der Waals surface area contributed by atoms with Gasteiger partial charge in [0.05, 0.1) is 12.3 Å². The van der Waals surface area contributed by atoms with Crippen molar-refractivity contribution in [3.8, 4) is 17.2 Å². The van der Waals surface area contributed by atoms with Gasteiger partial charge in [-0.15, -0.1) is 0 Å². The molecule has 9 nitrogen and oxygen atoms in total. The van der Waals surface area contributed by atoms with Crippen molar-refractivity contribution in [2.45, 2.75) is 101 Å². The first-order valence-corrected chi connectivity index (χ1v) is 20.4. The molecule has 2 aromatic heterocycles. The summed E-state index contributed by atoms with van der Waals surface area (Å²) >= 11 is 6.32. The van der Waals surface area contributed by atoms with E-state index in [0.29, 0.717) is 49.5 Å². The van der Waals surface area contributed by atoms with Crippen LogP contribution in [0.3, 0.4) is 0 Å². The molecule has 4 aliphatic rings. The number of carboxylic acid groups (broad SMARTS) is 1. The number of aromatic nitrogens is 2. The van der Waals surface area contributed by atoms with E-state index in [0.717, 1.165) is 73.7 Å². The van der Waals surface area contributed by atoms with Crippen LogP contribution in [0.25, 0.3) is 0 Å². The first kappa shape index (κ1) is 37.6. The maximum atomic E-state index is 13.1.